The van der Waals surface area contributed by atoms with Crippen molar-refractivity contribution in [2.24, 2.45) is 17.8 Å². The number of hydrogen-bond acceptors (Lipinski definition) is 7. The Morgan fingerprint density at radius 3 is 2.67 bits per heavy atom. The van der Waals surface area contributed by atoms with Gasteiger partial charge in [0.2, 0.25) is 10.0 Å². The van der Waals surface area contributed by atoms with E-state index in [0.717, 1.165) is 42.8 Å². The summed E-state index contributed by atoms with van der Waals surface area (Å²) < 4.78 is 47.8. The summed E-state index contributed by atoms with van der Waals surface area (Å²) in [5, 5.41) is 12.2. The van der Waals surface area contributed by atoms with Gasteiger partial charge in [-0.25, -0.2) is 13.1 Å². The van der Waals surface area contributed by atoms with Gasteiger partial charge in [-0.05, 0) is 111 Å². The Hall–Kier alpha value is -1.98. The fraction of sp³-hybridized carbons (Fsp3) is 0.629. The van der Waals surface area contributed by atoms with Gasteiger partial charge in [0.05, 0.1) is 29.4 Å². The Morgan fingerprint density at radius 2 is 1.93 bits per heavy atom. The van der Waals surface area contributed by atoms with Gasteiger partial charge >= 0.3 is 0 Å². The molecule has 8 nitrogen and oxygen atoms in total. The van der Waals surface area contributed by atoms with Gasteiger partial charge in [-0.2, -0.15) is 0 Å². The molecule has 2 aromatic carbocycles. The highest BCUT2D eigenvalue weighted by molar-refractivity contribution is 7.90. The number of nitrogens with one attached hydrogen (secondary N) is 1. The van der Waals surface area contributed by atoms with E-state index in [1.807, 2.05) is 13.0 Å². The Labute approximate surface area is 281 Å². The molecule has 252 valence electrons. The normalized spacial score (nSPS) is 33.4. The highest BCUT2D eigenvalue weighted by atomic mass is 35.5. The molecule has 1 amide bonds. The minimum Gasteiger partial charge on any atom is -0.617 e. The van der Waals surface area contributed by atoms with Crippen molar-refractivity contribution in [2.45, 2.75) is 87.9 Å². The van der Waals surface area contributed by atoms with E-state index in [1.54, 1.807) is 31.4 Å². The molecule has 0 aromatic heterocycles. The highest BCUT2D eigenvalue weighted by Gasteiger charge is 2.49. The highest BCUT2D eigenvalue weighted by Crippen LogP contribution is 2.49. The van der Waals surface area contributed by atoms with Gasteiger partial charge in [0.15, 0.2) is 0 Å². The summed E-state index contributed by atoms with van der Waals surface area (Å²) >= 11 is 5.39. The topological polar surface area (TPSA) is 119 Å². The molecule has 1 unspecified atom stereocenters. The molecule has 1 spiro atoms. The van der Waals surface area contributed by atoms with E-state index in [-0.39, 0.29) is 28.7 Å². The zero-order valence-corrected chi connectivity index (χ0v) is 29.5. The van der Waals surface area contributed by atoms with Crippen LogP contribution in [0.25, 0.3) is 0 Å². The van der Waals surface area contributed by atoms with Crippen molar-refractivity contribution in [3.05, 3.63) is 58.1 Å². The summed E-state index contributed by atoms with van der Waals surface area (Å²) in [6.45, 7) is 5.32. The number of nitrogens with zero attached hydrogens (tertiary/aromatic N) is 1. The van der Waals surface area contributed by atoms with Crippen LogP contribution >= 0.6 is 11.6 Å². The number of fused-ring (bicyclic) bond motifs is 4. The Kier molecular flexibility index (Phi) is 9.69. The fourth-order valence-corrected chi connectivity index (χ4v) is 10.5. The van der Waals surface area contributed by atoms with Crippen LogP contribution in [0.4, 0.5) is 5.69 Å². The van der Waals surface area contributed by atoms with Crippen LogP contribution in [0, 0.1) is 17.8 Å². The number of aryl methyl sites for hydroxylation is 1. The molecule has 1 saturated carbocycles. The smallest absolute Gasteiger partial charge is 0.264 e. The number of hydrogen-bond donors (Lipinski definition) is 2. The second-order valence-corrected chi connectivity index (χ2v) is 18.4. The van der Waals surface area contributed by atoms with Crippen LogP contribution in [0.3, 0.4) is 0 Å². The molecular weight excluding hydrogens is 644 g/mol. The largest absolute Gasteiger partial charge is 0.617 e. The van der Waals surface area contributed by atoms with Crippen LogP contribution in [0.15, 0.2) is 36.4 Å². The van der Waals surface area contributed by atoms with E-state index in [0.29, 0.717) is 56.9 Å². The Morgan fingerprint density at radius 1 is 1.13 bits per heavy atom. The number of anilines is 1. The molecule has 2 aromatic rings. The third-order valence-corrected chi connectivity index (χ3v) is 14.4. The first-order valence-corrected chi connectivity index (χ1v) is 20.3. The number of ether oxygens (including phenoxy) is 1. The number of carbonyl (C=O) groups is 1. The second-order valence-electron chi connectivity index (χ2n) is 14.4. The van der Waals surface area contributed by atoms with Crippen molar-refractivity contribution in [1.82, 2.24) is 4.72 Å². The number of amides is 1. The van der Waals surface area contributed by atoms with E-state index >= 15 is 0 Å². The zero-order chi connectivity index (χ0) is 32.9. The van der Waals surface area contributed by atoms with Crippen molar-refractivity contribution in [2.75, 3.05) is 36.6 Å². The Bertz CT molecular complexity index is 1570. The summed E-state index contributed by atoms with van der Waals surface area (Å²) in [5.74, 6) is 0.460. The first-order valence-electron chi connectivity index (χ1n) is 16.7. The van der Waals surface area contributed by atoms with Gasteiger partial charge in [-0.3, -0.25) is 4.79 Å². The van der Waals surface area contributed by atoms with E-state index in [1.165, 1.54) is 11.1 Å². The standard InChI is InChI=1S/C35H47ClN2O6S2/c1-23-6-4-15-35(40,16-17-45(3)41)30-11-8-27(30)20-38-21-34(14-5-7-25-18-28(36)10-12-29(25)34)22-44-32-13-9-26(19-31(32)38)33(39)37-46(42,43)24(23)2/h9-10,12-13,18-19,23-24,27,30,40H,4-8,11,14-17,20-22H2,1-3H3,(H,37,39)/t23-,24+,27-,30+,34-,35-,45?/m0/s1. The number of benzene rings is 2. The average molecular weight is 691 g/mol. The molecule has 0 saturated heterocycles. The predicted octanol–water partition coefficient (Wildman–Crippen LogP) is 5.61. The minimum absolute atomic E-state index is 0.0351. The summed E-state index contributed by atoms with van der Waals surface area (Å²) in [5.41, 5.74) is 2.22. The third kappa shape index (κ3) is 6.66. The van der Waals surface area contributed by atoms with Crippen LogP contribution in [-0.2, 0) is 33.0 Å². The first kappa shape index (κ1) is 33.9. The van der Waals surface area contributed by atoms with Crippen molar-refractivity contribution < 1.29 is 27.6 Å². The molecule has 2 aliphatic carbocycles. The molecule has 7 atom stereocenters. The number of halogens is 1. The van der Waals surface area contributed by atoms with Gasteiger partial charge in [0.25, 0.3) is 5.91 Å². The Balaban J connectivity index is 1.43. The fourth-order valence-electron chi connectivity index (χ4n) is 8.40. The van der Waals surface area contributed by atoms with Gasteiger partial charge in [-0.15, -0.1) is 0 Å². The predicted molar refractivity (Wildman–Crippen MR) is 184 cm³/mol. The summed E-state index contributed by atoms with van der Waals surface area (Å²) in [7, 11) is -3.95. The maximum Gasteiger partial charge on any atom is 0.264 e. The van der Waals surface area contributed by atoms with E-state index in [4.69, 9.17) is 16.3 Å². The monoisotopic (exact) mass is 690 g/mol. The van der Waals surface area contributed by atoms with Crippen LogP contribution in [-0.4, -0.2) is 66.5 Å². The van der Waals surface area contributed by atoms with Crippen LogP contribution < -0.4 is 14.4 Å². The molecule has 2 aliphatic heterocycles. The van der Waals surface area contributed by atoms with Crippen LogP contribution in [0.1, 0.15) is 86.7 Å². The van der Waals surface area contributed by atoms with Crippen LogP contribution in [0.2, 0.25) is 5.02 Å². The van der Waals surface area contributed by atoms with Gasteiger partial charge in [0, 0.05) is 35.5 Å². The molecule has 2 bridgehead atoms. The lowest BCUT2D eigenvalue weighted by atomic mass is 9.62. The van der Waals surface area contributed by atoms with E-state index in [9.17, 15) is 22.9 Å². The molecule has 46 heavy (non-hydrogen) atoms. The summed E-state index contributed by atoms with van der Waals surface area (Å²) in [6.07, 6.45) is 8.67. The van der Waals surface area contributed by atoms with Crippen LogP contribution in [0.5, 0.6) is 5.75 Å². The molecule has 2 N–H and O–H groups in total. The average Bonchev–Trinajstić information content (AvgIpc) is 3.14. The quantitative estimate of drug-likeness (QED) is 0.402. The summed E-state index contributed by atoms with van der Waals surface area (Å²) in [4.78, 5) is 15.8. The zero-order valence-electron chi connectivity index (χ0n) is 27.1. The lowest BCUT2D eigenvalue weighted by molar-refractivity contribution is -0.0903. The second kappa shape index (κ2) is 13.1. The molecule has 2 heterocycles. The molecule has 1 fully saturated rings. The van der Waals surface area contributed by atoms with Crippen molar-refractivity contribution >= 4 is 44.4 Å². The lowest BCUT2D eigenvalue weighted by Gasteiger charge is -2.50. The number of sulfonamides is 1. The molecule has 0 radical (unpaired) electrons. The molecule has 11 heteroatoms. The maximum atomic E-state index is 13.5. The van der Waals surface area contributed by atoms with Crippen molar-refractivity contribution in [3.8, 4) is 5.75 Å². The van der Waals surface area contributed by atoms with Crippen molar-refractivity contribution in [3.63, 3.8) is 0 Å². The van der Waals surface area contributed by atoms with Gasteiger partial charge in [-0.1, -0.05) is 42.2 Å². The number of carbonyl (C=O) groups excluding carboxylic acids is 1. The molecular formula is C35H47ClN2O6S2. The minimum atomic E-state index is -3.95. The van der Waals surface area contributed by atoms with Gasteiger partial charge < -0.3 is 19.3 Å². The van der Waals surface area contributed by atoms with E-state index < -0.39 is 38.0 Å². The van der Waals surface area contributed by atoms with Crippen molar-refractivity contribution in [1.29, 1.82) is 0 Å². The first-order chi connectivity index (χ1) is 21.8. The number of aliphatic hydroxyl groups is 1. The number of rotatable bonds is 3. The molecule has 6 rings (SSSR count). The third-order valence-electron chi connectivity index (χ3n) is 11.5. The summed E-state index contributed by atoms with van der Waals surface area (Å²) in [6, 6.07) is 11.3. The van der Waals surface area contributed by atoms with Gasteiger partial charge in [0.1, 0.15) is 11.5 Å². The lowest BCUT2D eigenvalue weighted by Crippen LogP contribution is -2.53. The molecule has 4 aliphatic rings. The van der Waals surface area contributed by atoms with E-state index in [2.05, 4.69) is 21.8 Å². The maximum absolute atomic E-state index is 13.5. The SMILES string of the molecule is C[C@@H]1[C@@H](C)CCC[C@](O)(CC[S+](C)[O-])[C@@H]2CC[C@H]2CN2C[C@@]3(CCCc4cc(Cl)ccc43)COc3ccc(cc32)C(=O)NS1(=O)=O.